The van der Waals surface area contributed by atoms with Crippen molar-refractivity contribution in [2.24, 2.45) is 11.8 Å². The first-order valence-electron chi connectivity index (χ1n) is 7.35. The molecule has 3 unspecified atom stereocenters. The lowest BCUT2D eigenvalue weighted by Gasteiger charge is -2.33. The third-order valence-electron chi connectivity index (χ3n) is 4.09. The van der Waals surface area contributed by atoms with Gasteiger partial charge >= 0.3 is 5.97 Å². The van der Waals surface area contributed by atoms with Crippen molar-refractivity contribution in [2.75, 3.05) is 0 Å². The number of carbonyl (C=O) groups is 1. The first-order valence-corrected chi connectivity index (χ1v) is 8.23. The van der Waals surface area contributed by atoms with Gasteiger partial charge in [0.05, 0.1) is 5.92 Å². The number of thioether (sulfide) groups is 1. The number of hydrogen-bond donors (Lipinski definition) is 1. The van der Waals surface area contributed by atoms with Gasteiger partial charge < -0.3 is 5.11 Å². The minimum atomic E-state index is -0.882. The molecule has 0 amide bonds. The summed E-state index contributed by atoms with van der Waals surface area (Å²) >= 11 is 1.37. The van der Waals surface area contributed by atoms with Crippen LogP contribution in [0.15, 0.2) is 23.1 Å². The van der Waals surface area contributed by atoms with E-state index in [0.717, 1.165) is 37.8 Å². The maximum Gasteiger partial charge on any atom is 0.307 e. The highest BCUT2D eigenvalue weighted by Crippen LogP contribution is 2.41. The quantitative estimate of drug-likeness (QED) is 0.854. The minimum absolute atomic E-state index is 0.0716. The van der Waals surface area contributed by atoms with Crippen LogP contribution in [0, 0.1) is 23.5 Å². The standard InChI is InChI=1S/C16H20F2O2S/c1-2-3-10-4-6-12(16(19)20)15(8-10)21-11-5-7-13(17)14(18)9-11/h5,7,9-10,12,15H,2-4,6,8H2,1H3,(H,19,20). The Morgan fingerprint density at radius 2 is 2.10 bits per heavy atom. The van der Waals surface area contributed by atoms with Crippen molar-refractivity contribution in [1.29, 1.82) is 0 Å². The summed E-state index contributed by atoms with van der Waals surface area (Å²) in [5.41, 5.74) is 0. The maximum atomic E-state index is 13.3. The van der Waals surface area contributed by atoms with Crippen molar-refractivity contribution in [3.05, 3.63) is 29.8 Å². The number of halogens is 2. The molecule has 0 heterocycles. The third kappa shape index (κ3) is 4.19. The molecule has 2 rings (SSSR count). The fourth-order valence-electron chi connectivity index (χ4n) is 3.02. The van der Waals surface area contributed by atoms with Gasteiger partial charge in [0.15, 0.2) is 11.6 Å². The van der Waals surface area contributed by atoms with Gasteiger partial charge in [-0.05, 0) is 43.4 Å². The molecule has 0 saturated heterocycles. The maximum absolute atomic E-state index is 13.3. The van der Waals surface area contributed by atoms with E-state index in [-0.39, 0.29) is 5.25 Å². The van der Waals surface area contributed by atoms with Gasteiger partial charge in [-0.15, -0.1) is 11.8 Å². The van der Waals surface area contributed by atoms with Crippen LogP contribution < -0.4 is 0 Å². The van der Waals surface area contributed by atoms with Gasteiger partial charge in [-0.1, -0.05) is 19.8 Å². The van der Waals surface area contributed by atoms with Crippen molar-refractivity contribution in [2.45, 2.75) is 49.2 Å². The summed E-state index contributed by atoms with van der Waals surface area (Å²) < 4.78 is 26.2. The Bertz CT molecular complexity index is 507. The van der Waals surface area contributed by atoms with Crippen molar-refractivity contribution in [1.82, 2.24) is 0 Å². The number of aliphatic carboxylic acids is 1. The first-order chi connectivity index (χ1) is 10.0. The van der Waals surface area contributed by atoms with Crippen LogP contribution in [0.2, 0.25) is 0 Å². The average Bonchev–Trinajstić information content (AvgIpc) is 2.43. The molecule has 1 aromatic carbocycles. The molecule has 0 spiro atoms. The van der Waals surface area contributed by atoms with Gasteiger partial charge in [0, 0.05) is 10.1 Å². The average molecular weight is 314 g/mol. The topological polar surface area (TPSA) is 37.3 Å². The summed E-state index contributed by atoms with van der Waals surface area (Å²) in [4.78, 5) is 12.0. The Labute approximate surface area is 127 Å². The van der Waals surface area contributed by atoms with E-state index in [4.69, 9.17) is 0 Å². The van der Waals surface area contributed by atoms with Crippen LogP contribution >= 0.6 is 11.8 Å². The zero-order valence-electron chi connectivity index (χ0n) is 12.0. The molecule has 1 aliphatic carbocycles. The Morgan fingerprint density at radius 1 is 1.33 bits per heavy atom. The molecule has 3 atom stereocenters. The molecule has 0 bridgehead atoms. The van der Waals surface area contributed by atoms with Crippen LogP contribution in [-0.2, 0) is 4.79 Å². The Morgan fingerprint density at radius 3 is 2.71 bits per heavy atom. The second kappa shape index (κ2) is 7.25. The number of benzene rings is 1. The Balaban J connectivity index is 2.11. The molecule has 21 heavy (non-hydrogen) atoms. The van der Waals surface area contributed by atoms with Crippen LogP contribution in [0.4, 0.5) is 8.78 Å². The summed E-state index contributed by atoms with van der Waals surface area (Å²) in [6.45, 7) is 2.13. The lowest BCUT2D eigenvalue weighted by molar-refractivity contribution is -0.142. The smallest absolute Gasteiger partial charge is 0.307 e. The van der Waals surface area contributed by atoms with Crippen LogP contribution in [0.5, 0.6) is 0 Å². The Hall–Kier alpha value is -1.10. The number of rotatable bonds is 5. The molecule has 2 nitrogen and oxygen atoms in total. The molecule has 1 fully saturated rings. The summed E-state index contributed by atoms with van der Waals surface area (Å²) in [6.07, 6.45) is 4.63. The van der Waals surface area contributed by atoms with Crippen molar-refractivity contribution in [3.63, 3.8) is 0 Å². The summed E-state index contributed by atoms with van der Waals surface area (Å²) in [6, 6.07) is 3.77. The highest BCUT2D eigenvalue weighted by Gasteiger charge is 2.35. The van der Waals surface area contributed by atoms with Crippen molar-refractivity contribution < 1.29 is 18.7 Å². The predicted octanol–water partition coefficient (Wildman–Crippen LogP) is 4.73. The minimum Gasteiger partial charge on any atom is -0.481 e. The second-order valence-electron chi connectivity index (χ2n) is 5.64. The first kappa shape index (κ1) is 16.3. The molecular weight excluding hydrogens is 294 g/mol. The monoisotopic (exact) mass is 314 g/mol. The van der Waals surface area contributed by atoms with Crippen LogP contribution in [-0.4, -0.2) is 16.3 Å². The molecule has 1 N–H and O–H groups in total. The SMILES string of the molecule is CCCC1CCC(C(=O)O)C(Sc2ccc(F)c(F)c2)C1. The van der Waals surface area contributed by atoms with E-state index in [9.17, 15) is 18.7 Å². The summed E-state index contributed by atoms with van der Waals surface area (Å²) in [5, 5.41) is 9.28. The highest BCUT2D eigenvalue weighted by molar-refractivity contribution is 8.00. The molecule has 0 aliphatic heterocycles. The largest absolute Gasteiger partial charge is 0.481 e. The lowest BCUT2D eigenvalue weighted by Crippen LogP contribution is -2.32. The summed E-state index contributed by atoms with van der Waals surface area (Å²) in [5.74, 6) is -2.41. The van der Waals surface area contributed by atoms with Gasteiger partial charge in [-0.25, -0.2) is 8.78 Å². The Kier molecular flexibility index (Phi) is 5.62. The zero-order valence-corrected chi connectivity index (χ0v) is 12.8. The van der Waals surface area contributed by atoms with Crippen LogP contribution in [0.3, 0.4) is 0 Å². The van der Waals surface area contributed by atoms with E-state index in [2.05, 4.69) is 6.92 Å². The number of carboxylic acids is 1. The van der Waals surface area contributed by atoms with Gasteiger partial charge in [-0.3, -0.25) is 4.79 Å². The van der Waals surface area contributed by atoms with Crippen LogP contribution in [0.1, 0.15) is 39.0 Å². The normalized spacial score (nSPS) is 25.8. The molecule has 0 radical (unpaired) electrons. The molecule has 116 valence electrons. The lowest BCUT2D eigenvalue weighted by atomic mass is 9.80. The van der Waals surface area contributed by atoms with E-state index in [1.807, 2.05) is 0 Å². The number of hydrogen-bond acceptors (Lipinski definition) is 2. The highest BCUT2D eigenvalue weighted by atomic mass is 32.2. The zero-order chi connectivity index (χ0) is 15.4. The third-order valence-corrected chi connectivity index (χ3v) is 5.44. The second-order valence-corrected chi connectivity index (χ2v) is 6.96. The van der Waals surface area contributed by atoms with Gasteiger partial charge in [0.2, 0.25) is 0 Å². The van der Waals surface area contributed by atoms with E-state index >= 15 is 0 Å². The molecule has 1 aromatic rings. The summed E-state index contributed by atoms with van der Waals surface area (Å²) in [7, 11) is 0. The van der Waals surface area contributed by atoms with Crippen molar-refractivity contribution in [3.8, 4) is 0 Å². The van der Waals surface area contributed by atoms with Gasteiger partial charge in [-0.2, -0.15) is 0 Å². The van der Waals surface area contributed by atoms with Gasteiger partial charge in [0.1, 0.15) is 0 Å². The fraction of sp³-hybridized carbons (Fsp3) is 0.562. The van der Waals surface area contributed by atoms with E-state index in [1.165, 1.54) is 17.8 Å². The molecule has 0 aromatic heterocycles. The van der Waals surface area contributed by atoms with E-state index in [1.54, 1.807) is 0 Å². The fourth-order valence-corrected chi connectivity index (χ4v) is 4.47. The molecule has 1 saturated carbocycles. The van der Waals surface area contributed by atoms with Crippen LogP contribution in [0.25, 0.3) is 0 Å². The van der Waals surface area contributed by atoms with E-state index < -0.39 is 23.5 Å². The van der Waals surface area contributed by atoms with Crippen molar-refractivity contribution >= 4 is 17.7 Å². The number of carboxylic acid groups (broad SMARTS) is 1. The predicted molar refractivity (Wildman–Crippen MR) is 79.4 cm³/mol. The molecule has 5 heteroatoms. The van der Waals surface area contributed by atoms with E-state index in [0.29, 0.717) is 17.2 Å². The molecule has 1 aliphatic rings. The molecular formula is C16H20F2O2S. The van der Waals surface area contributed by atoms with Gasteiger partial charge in [0.25, 0.3) is 0 Å².